The summed E-state index contributed by atoms with van der Waals surface area (Å²) >= 11 is 8.56. The van der Waals surface area contributed by atoms with Crippen molar-refractivity contribution in [2.45, 2.75) is 5.88 Å². The second kappa shape index (κ2) is 6.36. The van der Waals surface area contributed by atoms with E-state index in [0.29, 0.717) is 0 Å². The molecular formula is C13H7BrClF2NO3. The molecule has 0 aliphatic heterocycles. The number of nitro benzene ring substituents is 1. The van der Waals surface area contributed by atoms with Gasteiger partial charge in [-0.15, -0.1) is 11.6 Å². The average molecular weight is 379 g/mol. The van der Waals surface area contributed by atoms with Crippen molar-refractivity contribution in [3.05, 3.63) is 62.1 Å². The van der Waals surface area contributed by atoms with Crippen molar-refractivity contribution < 1.29 is 18.4 Å². The van der Waals surface area contributed by atoms with Gasteiger partial charge >= 0.3 is 5.69 Å². The van der Waals surface area contributed by atoms with Gasteiger partial charge in [0.05, 0.1) is 9.40 Å². The quantitative estimate of drug-likeness (QED) is 0.419. The molecule has 2 aromatic rings. The maximum atomic E-state index is 13.8. The van der Waals surface area contributed by atoms with Crippen molar-refractivity contribution in [2.75, 3.05) is 0 Å². The van der Waals surface area contributed by atoms with Crippen LogP contribution in [-0.4, -0.2) is 4.92 Å². The van der Waals surface area contributed by atoms with Crippen LogP contribution < -0.4 is 4.74 Å². The van der Waals surface area contributed by atoms with E-state index in [0.717, 1.165) is 12.1 Å². The number of benzene rings is 2. The van der Waals surface area contributed by atoms with Gasteiger partial charge in [0.1, 0.15) is 0 Å². The Hall–Kier alpha value is -1.73. The number of halogens is 4. The molecule has 0 aliphatic carbocycles. The van der Waals surface area contributed by atoms with E-state index in [-0.39, 0.29) is 21.7 Å². The Morgan fingerprint density at radius 1 is 1.24 bits per heavy atom. The third-order valence-electron chi connectivity index (χ3n) is 2.56. The van der Waals surface area contributed by atoms with Gasteiger partial charge in [-0.3, -0.25) is 10.1 Å². The Balaban J connectivity index is 2.51. The van der Waals surface area contributed by atoms with Gasteiger partial charge in [0.2, 0.25) is 5.75 Å². The largest absolute Gasteiger partial charge is 0.443 e. The molecule has 21 heavy (non-hydrogen) atoms. The van der Waals surface area contributed by atoms with E-state index >= 15 is 0 Å². The minimum atomic E-state index is -0.990. The first-order chi connectivity index (χ1) is 9.93. The average Bonchev–Trinajstić information content (AvgIpc) is 2.43. The fraction of sp³-hybridized carbons (Fsp3) is 0.0769. The zero-order valence-corrected chi connectivity index (χ0v) is 12.6. The van der Waals surface area contributed by atoms with E-state index in [1.807, 2.05) is 0 Å². The lowest BCUT2D eigenvalue weighted by molar-refractivity contribution is -0.385. The van der Waals surface area contributed by atoms with E-state index in [1.165, 1.54) is 18.2 Å². The molecule has 0 saturated carbocycles. The van der Waals surface area contributed by atoms with Crippen molar-refractivity contribution in [3.8, 4) is 11.5 Å². The summed E-state index contributed by atoms with van der Waals surface area (Å²) < 4.78 is 33.0. The SMILES string of the molecule is O=[N+]([O-])c1cccc(Br)c1Oc1c(F)cc(CCl)cc1F. The van der Waals surface area contributed by atoms with Crippen LogP contribution in [0.5, 0.6) is 11.5 Å². The maximum absolute atomic E-state index is 13.8. The number of hydrogen-bond acceptors (Lipinski definition) is 3. The maximum Gasteiger partial charge on any atom is 0.312 e. The van der Waals surface area contributed by atoms with Crippen molar-refractivity contribution in [2.24, 2.45) is 0 Å². The highest BCUT2D eigenvalue weighted by Gasteiger charge is 2.22. The molecule has 0 N–H and O–H groups in total. The molecule has 8 heteroatoms. The van der Waals surface area contributed by atoms with Crippen LogP contribution in [0.2, 0.25) is 0 Å². The van der Waals surface area contributed by atoms with Gasteiger partial charge in [0.25, 0.3) is 0 Å². The van der Waals surface area contributed by atoms with Gasteiger partial charge in [-0.05, 0) is 39.7 Å². The number of rotatable bonds is 4. The second-order valence-corrected chi connectivity index (χ2v) is 5.09. The van der Waals surface area contributed by atoms with Crippen molar-refractivity contribution in [1.29, 1.82) is 0 Å². The first-order valence-electron chi connectivity index (χ1n) is 5.58. The third-order valence-corrected chi connectivity index (χ3v) is 3.49. The first-order valence-corrected chi connectivity index (χ1v) is 6.91. The number of para-hydroxylation sites is 1. The molecule has 4 nitrogen and oxygen atoms in total. The van der Waals surface area contributed by atoms with E-state index in [4.69, 9.17) is 16.3 Å². The van der Waals surface area contributed by atoms with Crippen LogP contribution in [0.25, 0.3) is 0 Å². The lowest BCUT2D eigenvalue weighted by Crippen LogP contribution is -1.98. The molecule has 0 amide bonds. The Morgan fingerprint density at radius 3 is 2.38 bits per heavy atom. The Labute approximate surface area is 131 Å². The predicted molar refractivity (Wildman–Crippen MR) is 76.8 cm³/mol. The molecule has 0 fully saturated rings. The number of hydrogen-bond donors (Lipinski definition) is 0. The molecular weight excluding hydrogens is 372 g/mol. The molecule has 0 unspecified atom stereocenters. The Kier molecular flexibility index (Phi) is 4.74. The molecule has 0 radical (unpaired) electrons. The minimum Gasteiger partial charge on any atom is -0.443 e. The molecule has 2 aromatic carbocycles. The molecule has 0 bridgehead atoms. The van der Waals surface area contributed by atoms with Crippen LogP contribution in [0.4, 0.5) is 14.5 Å². The second-order valence-electron chi connectivity index (χ2n) is 3.97. The van der Waals surface area contributed by atoms with Crippen LogP contribution in [0, 0.1) is 21.7 Å². The summed E-state index contributed by atoms with van der Waals surface area (Å²) in [6.07, 6.45) is 0. The van der Waals surface area contributed by atoms with Crippen molar-refractivity contribution >= 4 is 33.2 Å². The first kappa shape index (κ1) is 15.7. The summed E-state index contributed by atoms with van der Waals surface area (Å²) in [5.41, 5.74) is -0.176. The van der Waals surface area contributed by atoms with Crippen LogP contribution >= 0.6 is 27.5 Å². The van der Waals surface area contributed by atoms with Gasteiger partial charge in [-0.25, -0.2) is 8.78 Å². The van der Waals surface area contributed by atoms with Gasteiger partial charge in [-0.2, -0.15) is 0 Å². The fourth-order valence-electron chi connectivity index (χ4n) is 1.63. The Bertz CT molecular complexity index is 689. The predicted octanol–water partition coefficient (Wildman–Crippen LogP) is 5.17. The van der Waals surface area contributed by atoms with E-state index in [2.05, 4.69) is 15.9 Å². The highest BCUT2D eigenvalue weighted by Crippen LogP contribution is 2.39. The lowest BCUT2D eigenvalue weighted by Gasteiger charge is -2.10. The zero-order valence-electron chi connectivity index (χ0n) is 10.3. The number of nitro groups is 1. The molecule has 0 saturated heterocycles. The summed E-state index contributed by atoms with van der Waals surface area (Å²) in [6, 6.07) is 6.06. The molecule has 110 valence electrons. The monoisotopic (exact) mass is 377 g/mol. The lowest BCUT2D eigenvalue weighted by atomic mass is 10.2. The van der Waals surface area contributed by atoms with Crippen LogP contribution in [0.15, 0.2) is 34.8 Å². The van der Waals surface area contributed by atoms with Gasteiger partial charge in [0, 0.05) is 11.9 Å². The number of ether oxygens (including phenoxy) is 1. The standard InChI is InChI=1S/C13H7BrClF2NO3/c14-8-2-1-3-11(18(19)20)12(8)21-13-9(16)4-7(6-15)5-10(13)17/h1-5H,6H2. The smallest absolute Gasteiger partial charge is 0.312 e. The van der Waals surface area contributed by atoms with Crippen molar-refractivity contribution in [1.82, 2.24) is 0 Å². The minimum absolute atomic E-state index is 0.0662. The topological polar surface area (TPSA) is 52.4 Å². The molecule has 2 rings (SSSR count). The zero-order chi connectivity index (χ0) is 15.6. The highest BCUT2D eigenvalue weighted by molar-refractivity contribution is 9.10. The van der Waals surface area contributed by atoms with Gasteiger partial charge in [-0.1, -0.05) is 6.07 Å². The molecule has 0 spiro atoms. The molecule has 0 heterocycles. The summed E-state index contributed by atoms with van der Waals surface area (Å²) in [6.45, 7) is 0. The van der Waals surface area contributed by atoms with Crippen LogP contribution in [0.3, 0.4) is 0 Å². The Morgan fingerprint density at radius 2 is 1.86 bits per heavy atom. The van der Waals surface area contributed by atoms with E-state index in [9.17, 15) is 18.9 Å². The molecule has 0 aliphatic rings. The number of alkyl halides is 1. The van der Waals surface area contributed by atoms with E-state index < -0.39 is 28.0 Å². The summed E-state index contributed by atoms with van der Waals surface area (Å²) in [5.74, 6) is -3.05. The van der Waals surface area contributed by atoms with Crippen molar-refractivity contribution in [3.63, 3.8) is 0 Å². The molecule has 0 atom stereocenters. The molecule has 0 aromatic heterocycles. The van der Waals surface area contributed by atoms with Gasteiger partial charge in [0.15, 0.2) is 17.4 Å². The van der Waals surface area contributed by atoms with Gasteiger partial charge < -0.3 is 4.74 Å². The highest BCUT2D eigenvalue weighted by atomic mass is 79.9. The van der Waals surface area contributed by atoms with Crippen LogP contribution in [-0.2, 0) is 5.88 Å². The summed E-state index contributed by atoms with van der Waals surface area (Å²) in [7, 11) is 0. The van der Waals surface area contributed by atoms with E-state index in [1.54, 1.807) is 0 Å². The third kappa shape index (κ3) is 3.30. The summed E-state index contributed by atoms with van der Waals surface area (Å²) in [4.78, 5) is 10.2. The summed E-state index contributed by atoms with van der Waals surface area (Å²) in [5, 5.41) is 10.9. The normalized spacial score (nSPS) is 10.5. The fourth-order valence-corrected chi connectivity index (χ4v) is 2.22. The number of nitrogens with zero attached hydrogens (tertiary/aromatic N) is 1. The van der Waals surface area contributed by atoms with Crippen LogP contribution in [0.1, 0.15) is 5.56 Å².